The van der Waals surface area contributed by atoms with Crippen molar-refractivity contribution in [3.05, 3.63) is 72.8 Å². The highest BCUT2D eigenvalue weighted by atomic mass is 35.5. The van der Waals surface area contributed by atoms with Gasteiger partial charge in [0.25, 0.3) is 5.56 Å². The molecular formula is C23H15Cl2N3O2S. The maximum Gasteiger partial charge on any atom is 0.260 e. The summed E-state index contributed by atoms with van der Waals surface area (Å²) >= 11 is 14.1. The zero-order chi connectivity index (χ0) is 21.5. The number of benzene rings is 1. The van der Waals surface area contributed by atoms with E-state index >= 15 is 0 Å². The van der Waals surface area contributed by atoms with Crippen molar-refractivity contribution in [2.24, 2.45) is 0 Å². The number of H-pyrrole nitrogens is 1. The van der Waals surface area contributed by atoms with Crippen molar-refractivity contribution in [2.75, 3.05) is 0 Å². The summed E-state index contributed by atoms with van der Waals surface area (Å²) in [5.74, 6) is 1.14. The summed E-state index contributed by atoms with van der Waals surface area (Å²) in [5.41, 5.74) is 1.70. The van der Waals surface area contributed by atoms with E-state index in [0.29, 0.717) is 37.3 Å². The number of furan rings is 1. The highest BCUT2D eigenvalue weighted by molar-refractivity contribution is 7.18. The van der Waals surface area contributed by atoms with Gasteiger partial charge in [-0.2, -0.15) is 5.26 Å². The molecule has 3 heterocycles. The Bertz CT molecular complexity index is 1440. The second-order valence-electron chi connectivity index (χ2n) is 7.27. The van der Waals surface area contributed by atoms with Gasteiger partial charge in [0.05, 0.1) is 26.6 Å². The van der Waals surface area contributed by atoms with E-state index < -0.39 is 0 Å². The van der Waals surface area contributed by atoms with Gasteiger partial charge in [-0.15, -0.1) is 11.3 Å². The fraction of sp³-hybridized carbons (Fsp3) is 0.174. The molecule has 0 aliphatic heterocycles. The predicted molar refractivity (Wildman–Crippen MR) is 125 cm³/mol. The summed E-state index contributed by atoms with van der Waals surface area (Å²) < 4.78 is 5.86. The molecule has 1 N–H and O–H groups in total. The van der Waals surface area contributed by atoms with Crippen molar-refractivity contribution in [2.45, 2.75) is 25.7 Å². The third-order valence-electron chi connectivity index (χ3n) is 5.32. The number of aromatic nitrogens is 2. The normalized spacial score (nSPS) is 13.9. The molecule has 0 saturated heterocycles. The number of allylic oxidation sites excluding steroid dienone is 1. The minimum absolute atomic E-state index is 0.205. The Morgan fingerprint density at radius 1 is 1.19 bits per heavy atom. The first-order valence-corrected chi connectivity index (χ1v) is 11.3. The van der Waals surface area contributed by atoms with E-state index in [1.165, 1.54) is 4.88 Å². The van der Waals surface area contributed by atoms with Crippen molar-refractivity contribution in [3.8, 4) is 17.4 Å². The highest BCUT2D eigenvalue weighted by Gasteiger charge is 2.21. The molecule has 0 saturated carbocycles. The molecule has 1 aromatic carbocycles. The fourth-order valence-electron chi connectivity index (χ4n) is 3.89. The Hall–Kier alpha value is -2.85. The van der Waals surface area contributed by atoms with E-state index in [0.717, 1.165) is 31.2 Å². The molecule has 0 atom stereocenters. The number of hydrogen-bond acceptors (Lipinski definition) is 5. The lowest BCUT2D eigenvalue weighted by Gasteiger charge is -2.09. The molecule has 154 valence electrons. The number of halogens is 2. The third kappa shape index (κ3) is 3.59. The Balaban J connectivity index is 1.56. The quantitative estimate of drug-likeness (QED) is 0.348. The Morgan fingerprint density at radius 3 is 2.74 bits per heavy atom. The number of nitrogens with one attached hydrogen (secondary N) is 1. The predicted octanol–water partition coefficient (Wildman–Crippen LogP) is 6.49. The van der Waals surface area contributed by atoms with Gasteiger partial charge >= 0.3 is 0 Å². The number of aryl methyl sites for hydroxylation is 2. The molecule has 3 aromatic heterocycles. The van der Waals surface area contributed by atoms with Crippen molar-refractivity contribution >= 4 is 56.4 Å². The Labute approximate surface area is 191 Å². The van der Waals surface area contributed by atoms with Crippen LogP contribution in [0.1, 0.15) is 34.9 Å². The van der Waals surface area contributed by atoms with Gasteiger partial charge in [0.15, 0.2) is 5.82 Å². The van der Waals surface area contributed by atoms with Crippen molar-refractivity contribution in [1.29, 1.82) is 5.26 Å². The molecule has 5 rings (SSSR count). The van der Waals surface area contributed by atoms with Gasteiger partial charge in [0, 0.05) is 11.0 Å². The van der Waals surface area contributed by atoms with Crippen molar-refractivity contribution < 1.29 is 4.42 Å². The van der Waals surface area contributed by atoms with Crippen molar-refractivity contribution in [1.82, 2.24) is 9.97 Å². The molecule has 0 spiro atoms. The van der Waals surface area contributed by atoms with Crippen LogP contribution in [0.5, 0.6) is 0 Å². The molecule has 0 radical (unpaired) electrons. The molecule has 0 fully saturated rings. The first-order valence-electron chi connectivity index (χ1n) is 9.76. The number of nitriles is 1. The summed E-state index contributed by atoms with van der Waals surface area (Å²) in [6, 6.07) is 10.8. The van der Waals surface area contributed by atoms with Crippen LogP contribution in [0.15, 0.2) is 39.5 Å². The lowest BCUT2D eigenvalue weighted by atomic mass is 9.97. The van der Waals surface area contributed by atoms with Gasteiger partial charge in [-0.25, -0.2) is 4.98 Å². The van der Waals surface area contributed by atoms with Crippen LogP contribution in [0.25, 0.3) is 33.2 Å². The number of aromatic amines is 1. The summed E-state index contributed by atoms with van der Waals surface area (Å²) in [4.78, 5) is 22.1. The van der Waals surface area contributed by atoms with E-state index in [1.54, 1.807) is 47.7 Å². The van der Waals surface area contributed by atoms with Gasteiger partial charge in [-0.1, -0.05) is 29.3 Å². The molecular weight excluding hydrogens is 453 g/mol. The topological polar surface area (TPSA) is 82.7 Å². The zero-order valence-electron chi connectivity index (χ0n) is 16.2. The number of rotatable bonds is 3. The van der Waals surface area contributed by atoms with Gasteiger partial charge in [-0.3, -0.25) is 4.79 Å². The van der Waals surface area contributed by atoms with Gasteiger partial charge in [-0.05, 0) is 55.5 Å². The molecule has 31 heavy (non-hydrogen) atoms. The number of hydrogen-bond donors (Lipinski definition) is 1. The maximum absolute atomic E-state index is 12.8. The van der Waals surface area contributed by atoms with Crippen molar-refractivity contribution in [3.63, 3.8) is 0 Å². The van der Waals surface area contributed by atoms with Crippen LogP contribution in [-0.2, 0) is 12.8 Å². The smallest absolute Gasteiger partial charge is 0.260 e. The second kappa shape index (κ2) is 8.01. The molecule has 5 nitrogen and oxygen atoms in total. The third-order valence-corrected chi connectivity index (χ3v) is 7.14. The summed E-state index contributed by atoms with van der Waals surface area (Å²) in [5, 5.41) is 11.3. The van der Waals surface area contributed by atoms with E-state index in [1.807, 2.05) is 0 Å². The summed E-state index contributed by atoms with van der Waals surface area (Å²) in [7, 11) is 0. The van der Waals surface area contributed by atoms with Crippen LogP contribution in [-0.4, -0.2) is 9.97 Å². The Morgan fingerprint density at radius 2 is 1.97 bits per heavy atom. The zero-order valence-corrected chi connectivity index (χ0v) is 18.5. The van der Waals surface area contributed by atoms with Crippen LogP contribution in [0.4, 0.5) is 0 Å². The van der Waals surface area contributed by atoms with Gasteiger partial charge in [0.2, 0.25) is 0 Å². The summed E-state index contributed by atoms with van der Waals surface area (Å²) in [6.07, 6.45) is 5.64. The van der Waals surface area contributed by atoms with E-state index in [-0.39, 0.29) is 17.0 Å². The van der Waals surface area contributed by atoms with Crippen LogP contribution >= 0.6 is 34.5 Å². The maximum atomic E-state index is 12.8. The first-order chi connectivity index (χ1) is 15.0. The van der Waals surface area contributed by atoms with Gasteiger partial charge < -0.3 is 9.40 Å². The van der Waals surface area contributed by atoms with Crippen LogP contribution in [0.3, 0.4) is 0 Å². The minimum atomic E-state index is -0.205. The highest BCUT2D eigenvalue weighted by Crippen LogP contribution is 2.36. The SMILES string of the molecule is N#C/C(=C\c1ccc(-c2c(Cl)cccc2Cl)o1)c1nc2sc3c(c2c(=O)[nH]1)CCCC3. The summed E-state index contributed by atoms with van der Waals surface area (Å²) in [6.45, 7) is 0. The number of thiophene rings is 1. The standard InChI is InChI=1S/C23H15Cl2N3O2S/c24-15-5-3-6-16(25)20(15)17-9-8-13(30-17)10-12(11-26)21-27-22(29)19-14-4-1-2-7-18(14)31-23(19)28-21/h3,5-6,8-10H,1-2,4,7H2,(H,27,28,29)/b12-10+. The average molecular weight is 468 g/mol. The minimum Gasteiger partial charge on any atom is -0.457 e. The van der Waals surface area contributed by atoms with Crippen LogP contribution in [0, 0.1) is 11.3 Å². The molecule has 4 aromatic rings. The lowest BCUT2D eigenvalue weighted by molar-refractivity contribution is 0.572. The Kier molecular flexibility index (Phi) is 5.19. The molecule has 1 aliphatic carbocycles. The monoisotopic (exact) mass is 467 g/mol. The van der Waals surface area contributed by atoms with E-state index in [9.17, 15) is 10.1 Å². The van der Waals surface area contributed by atoms with Gasteiger partial charge in [0.1, 0.15) is 22.4 Å². The molecule has 0 unspecified atom stereocenters. The second-order valence-corrected chi connectivity index (χ2v) is 9.17. The van der Waals surface area contributed by atoms with E-state index in [2.05, 4.69) is 16.0 Å². The first kappa shape index (κ1) is 20.1. The van der Waals surface area contributed by atoms with E-state index in [4.69, 9.17) is 27.6 Å². The molecule has 8 heteroatoms. The number of nitrogens with zero attached hydrogens (tertiary/aromatic N) is 2. The molecule has 0 amide bonds. The molecule has 1 aliphatic rings. The average Bonchev–Trinajstić information content (AvgIpc) is 3.36. The lowest BCUT2D eigenvalue weighted by Crippen LogP contribution is -2.12. The largest absolute Gasteiger partial charge is 0.457 e. The molecule has 0 bridgehead atoms. The fourth-order valence-corrected chi connectivity index (χ4v) is 5.73. The van der Waals surface area contributed by atoms with Crippen LogP contribution < -0.4 is 5.56 Å². The number of fused-ring (bicyclic) bond motifs is 3. The van der Waals surface area contributed by atoms with Crippen LogP contribution in [0.2, 0.25) is 10.0 Å².